The molecule has 5 unspecified atom stereocenters. The van der Waals surface area contributed by atoms with Crippen LogP contribution in [0.15, 0.2) is 23.3 Å². The van der Waals surface area contributed by atoms with Gasteiger partial charge in [0.25, 0.3) is 0 Å². The summed E-state index contributed by atoms with van der Waals surface area (Å²) in [6.07, 6.45) is 15.0. The molecule has 0 radical (unpaired) electrons. The molecule has 0 aromatic rings. The lowest BCUT2D eigenvalue weighted by atomic mass is 9.49. The molecule has 0 aromatic carbocycles. The van der Waals surface area contributed by atoms with Crippen molar-refractivity contribution in [2.75, 3.05) is 6.61 Å². The van der Waals surface area contributed by atoms with Crippen LogP contribution in [0.5, 0.6) is 0 Å². The molecule has 9 atom stereocenters. The second kappa shape index (κ2) is 6.98. The molecule has 0 saturated heterocycles. The lowest BCUT2D eigenvalue weighted by Crippen LogP contribution is -2.50. The van der Waals surface area contributed by atoms with Crippen molar-refractivity contribution in [3.8, 4) is 0 Å². The van der Waals surface area contributed by atoms with Gasteiger partial charge in [0.1, 0.15) is 0 Å². The molecule has 0 amide bonds. The Morgan fingerprint density at radius 2 is 1.82 bits per heavy atom. The average Bonchev–Trinajstić information content (AvgIpc) is 2.69. The lowest BCUT2D eigenvalue weighted by Gasteiger charge is -2.56. The Kier molecular flexibility index (Phi) is 4.83. The monoisotopic (exact) mass is 384 g/mol. The van der Waals surface area contributed by atoms with Crippen LogP contribution in [-0.2, 0) is 0 Å². The van der Waals surface area contributed by atoms with Gasteiger partial charge >= 0.3 is 0 Å². The van der Waals surface area contributed by atoms with Crippen molar-refractivity contribution < 1.29 is 10.2 Å². The molecule has 5 aliphatic rings. The summed E-state index contributed by atoms with van der Waals surface area (Å²) in [4.78, 5) is 0. The highest BCUT2D eigenvalue weighted by molar-refractivity contribution is 5.39. The highest BCUT2D eigenvalue weighted by Crippen LogP contribution is 2.59. The van der Waals surface area contributed by atoms with Crippen LogP contribution < -0.4 is 0 Å². The van der Waals surface area contributed by atoms with Gasteiger partial charge in [0.2, 0.25) is 0 Å². The molecule has 0 aromatic heterocycles. The van der Waals surface area contributed by atoms with Crippen LogP contribution >= 0.6 is 0 Å². The number of fused-ring (bicyclic) bond motifs is 6. The third-order valence-electron chi connectivity index (χ3n) is 9.78. The fraction of sp³-hybridized carbons (Fsp3) is 0.846. The van der Waals surface area contributed by atoms with Crippen molar-refractivity contribution in [3.05, 3.63) is 23.3 Å². The molecular weight excluding hydrogens is 344 g/mol. The number of allylic oxidation sites excluding steroid dienone is 3. The largest absolute Gasteiger partial charge is 0.396 e. The van der Waals surface area contributed by atoms with E-state index in [9.17, 15) is 10.2 Å². The molecule has 0 aliphatic heterocycles. The SMILES string of the molecule is C[C@@H]1C2C(=C3CC(C)(C)CCC3[C@@H]1O)C=C[C@@H]1C3CCC[C@@H](CO)C3CCC21. The van der Waals surface area contributed by atoms with Crippen molar-refractivity contribution in [1.82, 2.24) is 0 Å². The normalized spacial score (nSPS) is 49.7. The first-order valence-corrected chi connectivity index (χ1v) is 12.1. The molecular formula is C26H40O2. The summed E-state index contributed by atoms with van der Waals surface area (Å²) in [7, 11) is 0. The van der Waals surface area contributed by atoms with E-state index in [0.717, 1.165) is 18.3 Å². The van der Waals surface area contributed by atoms with Crippen molar-refractivity contribution >= 4 is 0 Å². The highest BCUT2D eigenvalue weighted by Gasteiger charge is 2.52. The Morgan fingerprint density at radius 3 is 2.61 bits per heavy atom. The zero-order chi connectivity index (χ0) is 19.6. The highest BCUT2D eigenvalue weighted by atomic mass is 16.3. The molecule has 156 valence electrons. The quantitative estimate of drug-likeness (QED) is 0.639. The topological polar surface area (TPSA) is 40.5 Å². The van der Waals surface area contributed by atoms with Crippen LogP contribution in [0.3, 0.4) is 0 Å². The summed E-state index contributed by atoms with van der Waals surface area (Å²) in [5.41, 5.74) is 3.62. The molecule has 5 aliphatic carbocycles. The van der Waals surface area contributed by atoms with Crippen LogP contribution in [0, 0.1) is 52.8 Å². The van der Waals surface area contributed by atoms with E-state index < -0.39 is 0 Å². The molecule has 2 heteroatoms. The Labute approximate surface area is 171 Å². The molecule has 0 spiro atoms. The lowest BCUT2D eigenvalue weighted by molar-refractivity contribution is -0.0404. The first kappa shape index (κ1) is 19.4. The van der Waals surface area contributed by atoms with Gasteiger partial charge < -0.3 is 10.2 Å². The smallest absolute Gasteiger partial charge is 0.0637 e. The standard InChI is InChI=1S/C26H40O2/c1-15-24-20-9-7-17-16(14-27)5-4-6-18(17)19(20)8-10-21(24)23-13-26(2,3)12-11-22(23)25(15)28/h8,10,15-20,22,24-25,27-28H,4-7,9,11-14H2,1-3H3/t15-,16+,17?,18?,19-,20?,22?,24?,25-/m1/s1. The van der Waals surface area contributed by atoms with E-state index in [-0.39, 0.29) is 6.10 Å². The maximum absolute atomic E-state index is 11.3. The van der Waals surface area contributed by atoms with E-state index in [0.29, 0.717) is 47.5 Å². The van der Waals surface area contributed by atoms with Gasteiger partial charge in [-0.25, -0.2) is 0 Å². The van der Waals surface area contributed by atoms with Gasteiger partial charge in [-0.05, 0) is 97.4 Å². The van der Waals surface area contributed by atoms with E-state index in [4.69, 9.17) is 0 Å². The Hall–Kier alpha value is -0.600. The summed E-state index contributed by atoms with van der Waals surface area (Å²) < 4.78 is 0. The first-order valence-electron chi connectivity index (χ1n) is 12.1. The Morgan fingerprint density at radius 1 is 1.04 bits per heavy atom. The van der Waals surface area contributed by atoms with E-state index in [1.165, 1.54) is 44.9 Å². The summed E-state index contributed by atoms with van der Waals surface area (Å²) >= 11 is 0. The maximum atomic E-state index is 11.3. The van der Waals surface area contributed by atoms with Gasteiger partial charge in [-0.3, -0.25) is 0 Å². The van der Waals surface area contributed by atoms with Crippen molar-refractivity contribution in [2.24, 2.45) is 52.8 Å². The third-order valence-corrected chi connectivity index (χ3v) is 9.78. The zero-order valence-corrected chi connectivity index (χ0v) is 18.1. The van der Waals surface area contributed by atoms with Gasteiger partial charge in [0.05, 0.1) is 6.10 Å². The summed E-state index contributed by atoms with van der Waals surface area (Å²) in [6.45, 7) is 7.54. The van der Waals surface area contributed by atoms with Crippen LogP contribution in [0.25, 0.3) is 0 Å². The molecule has 2 N–H and O–H groups in total. The van der Waals surface area contributed by atoms with Gasteiger partial charge in [-0.15, -0.1) is 0 Å². The van der Waals surface area contributed by atoms with Crippen LogP contribution in [0.2, 0.25) is 0 Å². The molecule has 0 bridgehead atoms. The summed E-state index contributed by atoms with van der Waals surface area (Å²) in [5, 5.41) is 21.2. The van der Waals surface area contributed by atoms with Crippen molar-refractivity contribution in [1.29, 1.82) is 0 Å². The van der Waals surface area contributed by atoms with Crippen molar-refractivity contribution in [2.45, 2.75) is 78.2 Å². The minimum absolute atomic E-state index is 0.152. The molecule has 0 heterocycles. The van der Waals surface area contributed by atoms with Crippen molar-refractivity contribution in [3.63, 3.8) is 0 Å². The first-order chi connectivity index (χ1) is 13.4. The zero-order valence-electron chi connectivity index (χ0n) is 18.1. The van der Waals surface area contributed by atoms with Crippen LogP contribution in [0.1, 0.15) is 72.1 Å². The number of aliphatic hydroxyl groups excluding tert-OH is 2. The molecule has 28 heavy (non-hydrogen) atoms. The fourth-order valence-corrected chi connectivity index (χ4v) is 8.43. The Balaban J connectivity index is 1.53. The fourth-order valence-electron chi connectivity index (χ4n) is 8.43. The van der Waals surface area contributed by atoms with Crippen LogP contribution in [-0.4, -0.2) is 22.9 Å². The number of hydrogen-bond donors (Lipinski definition) is 2. The second-order valence-corrected chi connectivity index (χ2v) is 11.7. The number of rotatable bonds is 1. The summed E-state index contributed by atoms with van der Waals surface area (Å²) in [5.74, 6) is 4.75. The second-order valence-electron chi connectivity index (χ2n) is 11.7. The number of aliphatic hydroxyl groups is 2. The summed E-state index contributed by atoms with van der Waals surface area (Å²) in [6, 6.07) is 0. The molecule has 2 nitrogen and oxygen atoms in total. The van der Waals surface area contributed by atoms with E-state index in [1.807, 2.05) is 0 Å². The van der Waals surface area contributed by atoms with Gasteiger partial charge in [-0.1, -0.05) is 44.9 Å². The predicted molar refractivity (Wildman–Crippen MR) is 114 cm³/mol. The average molecular weight is 385 g/mol. The van der Waals surface area contributed by atoms with Gasteiger partial charge in [0, 0.05) is 12.5 Å². The minimum atomic E-state index is -0.152. The van der Waals surface area contributed by atoms with Gasteiger partial charge in [0.15, 0.2) is 0 Å². The maximum Gasteiger partial charge on any atom is 0.0637 e. The molecule has 3 saturated carbocycles. The van der Waals surface area contributed by atoms with E-state index >= 15 is 0 Å². The number of hydrogen-bond acceptors (Lipinski definition) is 2. The molecule has 3 fully saturated rings. The Bertz CT molecular complexity index is 674. The predicted octanol–water partition coefficient (Wildman–Crippen LogP) is 5.36. The van der Waals surface area contributed by atoms with Crippen LogP contribution in [0.4, 0.5) is 0 Å². The third kappa shape index (κ3) is 2.88. The van der Waals surface area contributed by atoms with E-state index in [2.05, 4.69) is 32.9 Å². The minimum Gasteiger partial charge on any atom is -0.396 e. The molecule has 5 rings (SSSR count). The van der Waals surface area contributed by atoms with E-state index in [1.54, 1.807) is 11.1 Å². The van der Waals surface area contributed by atoms with Gasteiger partial charge in [-0.2, -0.15) is 0 Å².